The third-order valence-electron chi connectivity index (χ3n) is 3.03. The maximum atomic E-state index is 8.94. The van der Waals surface area contributed by atoms with Crippen molar-refractivity contribution in [3.8, 4) is 11.8 Å². The normalized spacial score (nSPS) is 10.4. The van der Waals surface area contributed by atoms with Gasteiger partial charge in [0.2, 0.25) is 0 Å². The van der Waals surface area contributed by atoms with Crippen molar-refractivity contribution in [3.63, 3.8) is 0 Å². The van der Waals surface area contributed by atoms with Crippen molar-refractivity contribution in [2.45, 2.75) is 10.9 Å². The van der Waals surface area contributed by atoms with Crippen LogP contribution >= 0.6 is 23.4 Å². The van der Waals surface area contributed by atoms with E-state index >= 15 is 0 Å². The number of halogens is 1. The van der Waals surface area contributed by atoms with Crippen LogP contribution < -0.4 is 0 Å². The Kier molecular flexibility index (Phi) is 4.42. The van der Waals surface area contributed by atoms with E-state index in [9.17, 15) is 0 Å². The first-order valence-corrected chi connectivity index (χ1v) is 7.90. The molecule has 22 heavy (non-hydrogen) atoms. The highest BCUT2D eigenvalue weighted by atomic mass is 35.5. The highest BCUT2D eigenvalue weighted by molar-refractivity contribution is 7.98. The third kappa shape index (κ3) is 3.30. The number of rotatable bonds is 4. The first-order valence-electron chi connectivity index (χ1n) is 6.54. The van der Waals surface area contributed by atoms with Crippen LogP contribution in [0.15, 0.2) is 60.0 Å². The molecule has 0 aliphatic heterocycles. The summed E-state index contributed by atoms with van der Waals surface area (Å²) in [6.07, 6.45) is 1.67. The van der Waals surface area contributed by atoms with Gasteiger partial charge in [0.05, 0.1) is 17.3 Å². The van der Waals surface area contributed by atoms with Gasteiger partial charge in [0.15, 0.2) is 5.16 Å². The fourth-order valence-corrected chi connectivity index (χ4v) is 3.06. The van der Waals surface area contributed by atoms with Crippen molar-refractivity contribution in [3.05, 3.63) is 71.0 Å². The van der Waals surface area contributed by atoms with Crippen LogP contribution in [0.4, 0.5) is 0 Å². The molecule has 0 amide bonds. The van der Waals surface area contributed by atoms with Gasteiger partial charge in [-0.15, -0.1) is 10.2 Å². The van der Waals surface area contributed by atoms with Crippen molar-refractivity contribution < 1.29 is 0 Å². The highest BCUT2D eigenvalue weighted by Gasteiger charge is 2.08. The van der Waals surface area contributed by atoms with Crippen molar-refractivity contribution in [1.29, 1.82) is 5.26 Å². The first kappa shape index (κ1) is 14.6. The summed E-state index contributed by atoms with van der Waals surface area (Å²) in [5.74, 6) is 0.717. The molecule has 0 saturated heterocycles. The van der Waals surface area contributed by atoms with Crippen LogP contribution in [0.2, 0.25) is 5.02 Å². The van der Waals surface area contributed by atoms with Gasteiger partial charge in [0.25, 0.3) is 0 Å². The Hall–Kier alpha value is -2.29. The molecule has 108 valence electrons. The van der Waals surface area contributed by atoms with E-state index in [4.69, 9.17) is 16.9 Å². The maximum absolute atomic E-state index is 8.94. The van der Waals surface area contributed by atoms with Crippen LogP contribution in [-0.2, 0) is 5.75 Å². The smallest absolute Gasteiger partial charge is 0.195 e. The molecule has 1 heterocycles. The highest BCUT2D eigenvalue weighted by Crippen LogP contribution is 2.24. The second-order valence-electron chi connectivity index (χ2n) is 4.56. The van der Waals surface area contributed by atoms with Gasteiger partial charge in [0, 0.05) is 10.8 Å². The molecule has 3 aromatic rings. The summed E-state index contributed by atoms with van der Waals surface area (Å²) < 4.78 is 1.89. The van der Waals surface area contributed by atoms with Crippen molar-refractivity contribution >= 4 is 23.4 Å². The lowest BCUT2D eigenvalue weighted by molar-refractivity contribution is 0.884. The average Bonchev–Trinajstić information content (AvgIpc) is 3.02. The van der Waals surface area contributed by atoms with Gasteiger partial charge in [-0.3, -0.25) is 4.57 Å². The molecule has 0 saturated carbocycles. The summed E-state index contributed by atoms with van der Waals surface area (Å²) in [4.78, 5) is 0. The SMILES string of the molecule is N#Cc1cccc(CSc2nncn2-c2cccc(Cl)c2)c1. The molecular weight excluding hydrogens is 316 g/mol. The lowest BCUT2D eigenvalue weighted by Crippen LogP contribution is -1.95. The Morgan fingerprint density at radius 1 is 1.18 bits per heavy atom. The Labute approximate surface area is 137 Å². The van der Waals surface area contributed by atoms with E-state index in [2.05, 4.69) is 16.3 Å². The van der Waals surface area contributed by atoms with Crippen LogP contribution in [0.5, 0.6) is 0 Å². The summed E-state index contributed by atoms with van der Waals surface area (Å²) >= 11 is 7.59. The summed E-state index contributed by atoms with van der Waals surface area (Å²) in [7, 11) is 0. The topological polar surface area (TPSA) is 54.5 Å². The summed E-state index contributed by atoms with van der Waals surface area (Å²) in [5.41, 5.74) is 2.66. The van der Waals surface area contributed by atoms with Crippen molar-refractivity contribution in [1.82, 2.24) is 14.8 Å². The van der Waals surface area contributed by atoms with E-state index in [-0.39, 0.29) is 0 Å². The molecule has 0 aliphatic rings. The minimum atomic E-state index is 0.661. The van der Waals surface area contributed by atoms with E-state index in [1.54, 1.807) is 24.2 Å². The zero-order valence-electron chi connectivity index (χ0n) is 11.5. The number of nitrogens with zero attached hydrogens (tertiary/aromatic N) is 4. The van der Waals surface area contributed by atoms with Crippen LogP contribution in [0, 0.1) is 11.3 Å². The molecular formula is C16H11ClN4S. The molecule has 0 aliphatic carbocycles. The summed E-state index contributed by atoms with van der Waals surface area (Å²) in [6, 6.07) is 17.2. The standard InChI is InChI=1S/C16H11ClN4S/c17-14-5-2-6-15(8-14)21-11-19-20-16(21)22-10-13-4-1-3-12(7-13)9-18/h1-8,11H,10H2. The molecule has 0 N–H and O–H groups in total. The number of hydrogen-bond donors (Lipinski definition) is 0. The molecule has 3 rings (SSSR count). The van der Waals surface area contributed by atoms with Gasteiger partial charge in [0.1, 0.15) is 6.33 Å². The Balaban J connectivity index is 1.80. The molecule has 0 bridgehead atoms. The lowest BCUT2D eigenvalue weighted by atomic mass is 10.2. The third-order valence-corrected chi connectivity index (χ3v) is 4.28. The number of aromatic nitrogens is 3. The Bertz CT molecular complexity index is 838. The minimum Gasteiger partial charge on any atom is -0.277 e. The van der Waals surface area contributed by atoms with Crippen LogP contribution in [0.25, 0.3) is 5.69 Å². The summed E-state index contributed by atoms with van der Waals surface area (Å²) in [6.45, 7) is 0. The minimum absolute atomic E-state index is 0.661. The van der Waals surface area contributed by atoms with Crippen molar-refractivity contribution in [2.75, 3.05) is 0 Å². The van der Waals surface area contributed by atoms with E-state index in [0.717, 1.165) is 22.2 Å². The molecule has 2 aromatic carbocycles. The maximum Gasteiger partial charge on any atom is 0.195 e. The van der Waals surface area contributed by atoms with E-state index in [1.807, 2.05) is 47.0 Å². The van der Waals surface area contributed by atoms with Gasteiger partial charge in [-0.1, -0.05) is 41.6 Å². The van der Waals surface area contributed by atoms with E-state index < -0.39 is 0 Å². The molecule has 0 fully saturated rings. The van der Waals surface area contributed by atoms with E-state index in [0.29, 0.717) is 10.6 Å². The fourth-order valence-electron chi connectivity index (χ4n) is 2.00. The predicted octanol–water partition coefficient (Wildman–Crippen LogP) is 4.08. The van der Waals surface area contributed by atoms with Gasteiger partial charge in [-0.25, -0.2) is 0 Å². The quantitative estimate of drug-likeness (QED) is 0.678. The van der Waals surface area contributed by atoms with Gasteiger partial charge < -0.3 is 0 Å². The monoisotopic (exact) mass is 326 g/mol. The van der Waals surface area contributed by atoms with Crippen molar-refractivity contribution in [2.24, 2.45) is 0 Å². The number of benzene rings is 2. The average molecular weight is 327 g/mol. The van der Waals surface area contributed by atoms with Gasteiger partial charge in [-0.2, -0.15) is 5.26 Å². The number of thioether (sulfide) groups is 1. The largest absolute Gasteiger partial charge is 0.277 e. The second kappa shape index (κ2) is 6.65. The lowest BCUT2D eigenvalue weighted by Gasteiger charge is -2.06. The molecule has 0 atom stereocenters. The molecule has 1 aromatic heterocycles. The molecule has 0 radical (unpaired) electrons. The number of hydrogen-bond acceptors (Lipinski definition) is 4. The Morgan fingerprint density at radius 2 is 2.05 bits per heavy atom. The molecule has 6 heteroatoms. The van der Waals surface area contributed by atoms with Gasteiger partial charge in [-0.05, 0) is 35.9 Å². The zero-order valence-corrected chi connectivity index (χ0v) is 13.1. The second-order valence-corrected chi connectivity index (χ2v) is 5.94. The van der Waals surface area contributed by atoms with Crippen LogP contribution in [0.3, 0.4) is 0 Å². The predicted molar refractivity (Wildman–Crippen MR) is 87.1 cm³/mol. The zero-order chi connectivity index (χ0) is 15.4. The fraction of sp³-hybridized carbons (Fsp3) is 0.0625. The molecule has 0 unspecified atom stereocenters. The Morgan fingerprint density at radius 3 is 2.86 bits per heavy atom. The summed E-state index contributed by atoms with van der Waals surface area (Å²) in [5, 5.41) is 18.5. The van der Waals surface area contributed by atoms with E-state index in [1.165, 1.54) is 0 Å². The molecule has 4 nitrogen and oxygen atoms in total. The van der Waals surface area contributed by atoms with Crippen LogP contribution in [0.1, 0.15) is 11.1 Å². The van der Waals surface area contributed by atoms with Crippen LogP contribution in [-0.4, -0.2) is 14.8 Å². The number of nitriles is 1. The first-order chi connectivity index (χ1) is 10.8. The molecule has 0 spiro atoms. The van der Waals surface area contributed by atoms with Gasteiger partial charge >= 0.3 is 0 Å².